The normalized spacial score (nSPS) is 18.0. The van der Waals surface area contributed by atoms with E-state index in [9.17, 15) is 4.79 Å². The van der Waals surface area contributed by atoms with Crippen LogP contribution in [0.15, 0.2) is 0 Å². The SMILES string of the molecule is CCC1(C)CCN(c2snc(N)c2C(=O)NC(C)C)CC1. The first kappa shape index (κ1) is 16.1. The lowest BCUT2D eigenvalue weighted by molar-refractivity contribution is 0.0944. The predicted octanol–water partition coefficient (Wildman–Crippen LogP) is 2.88. The lowest BCUT2D eigenvalue weighted by Gasteiger charge is -2.39. The molecule has 1 saturated heterocycles. The van der Waals surface area contributed by atoms with Gasteiger partial charge in [-0.05, 0) is 43.6 Å². The third kappa shape index (κ3) is 3.48. The van der Waals surface area contributed by atoms with Crippen molar-refractivity contribution in [2.45, 2.75) is 53.0 Å². The number of aromatic nitrogens is 1. The number of rotatable bonds is 4. The minimum atomic E-state index is -0.116. The molecular formula is C15H26N4OS. The van der Waals surface area contributed by atoms with E-state index in [0.717, 1.165) is 30.9 Å². The third-order valence-corrected chi connectivity index (χ3v) is 5.38. The van der Waals surface area contributed by atoms with Gasteiger partial charge in [0.15, 0.2) is 5.82 Å². The second kappa shape index (κ2) is 6.22. The third-order valence-electron chi connectivity index (χ3n) is 4.46. The summed E-state index contributed by atoms with van der Waals surface area (Å²) < 4.78 is 4.19. The number of anilines is 2. The lowest BCUT2D eigenvalue weighted by atomic mass is 9.78. The molecule has 0 atom stereocenters. The number of amides is 1. The van der Waals surface area contributed by atoms with Crippen LogP contribution in [0.5, 0.6) is 0 Å². The van der Waals surface area contributed by atoms with E-state index < -0.39 is 0 Å². The van der Waals surface area contributed by atoms with Crippen molar-refractivity contribution < 1.29 is 4.79 Å². The number of carbonyl (C=O) groups excluding carboxylic acids is 1. The first-order valence-electron chi connectivity index (χ1n) is 7.67. The Bertz CT molecular complexity index is 504. The van der Waals surface area contributed by atoms with Crippen molar-refractivity contribution in [2.75, 3.05) is 23.7 Å². The van der Waals surface area contributed by atoms with Crippen LogP contribution in [-0.4, -0.2) is 29.4 Å². The topological polar surface area (TPSA) is 71.2 Å². The minimum absolute atomic E-state index is 0.0920. The van der Waals surface area contributed by atoms with E-state index in [2.05, 4.69) is 28.4 Å². The molecule has 3 N–H and O–H groups in total. The maximum absolute atomic E-state index is 12.3. The molecule has 118 valence electrons. The average molecular weight is 310 g/mol. The largest absolute Gasteiger partial charge is 0.382 e. The van der Waals surface area contributed by atoms with Gasteiger partial charge in [0.2, 0.25) is 0 Å². The van der Waals surface area contributed by atoms with Crippen LogP contribution in [0.2, 0.25) is 0 Å². The molecule has 1 aliphatic rings. The van der Waals surface area contributed by atoms with Crippen molar-refractivity contribution in [3.8, 4) is 0 Å². The van der Waals surface area contributed by atoms with E-state index in [1.165, 1.54) is 18.0 Å². The maximum Gasteiger partial charge on any atom is 0.258 e. The number of nitrogens with one attached hydrogen (secondary N) is 1. The fourth-order valence-corrected chi connectivity index (χ4v) is 3.52. The minimum Gasteiger partial charge on any atom is -0.382 e. The van der Waals surface area contributed by atoms with Gasteiger partial charge >= 0.3 is 0 Å². The molecule has 1 fully saturated rings. The molecule has 0 radical (unpaired) electrons. The zero-order chi connectivity index (χ0) is 15.6. The van der Waals surface area contributed by atoms with Crippen molar-refractivity contribution in [1.29, 1.82) is 0 Å². The van der Waals surface area contributed by atoms with Crippen molar-refractivity contribution in [2.24, 2.45) is 5.41 Å². The molecule has 1 amide bonds. The van der Waals surface area contributed by atoms with Crippen LogP contribution >= 0.6 is 11.5 Å². The molecule has 5 nitrogen and oxygen atoms in total. The molecule has 0 spiro atoms. The summed E-state index contributed by atoms with van der Waals surface area (Å²) in [5.41, 5.74) is 6.89. The molecule has 0 bridgehead atoms. The van der Waals surface area contributed by atoms with Crippen LogP contribution in [0, 0.1) is 5.41 Å². The van der Waals surface area contributed by atoms with Crippen molar-refractivity contribution >= 4 is 28.3 Å². The second-order valence-corrected chi connectivity index (χ2v) is 7.28. The van der Waals surface area contributed by atoms with Gasteiger partial charge in [-0.3, -0.25) is 4.79 Å². The van der Waals surface area contributed by atoms with Crippen molar-refractivity contribution in [3.63, 3.8) is 0 Å². The summed E-state index contributed by atoms with van der Waals surface area (Å²) in [6, 6.07) is 0.0920. The molecule has 0 aliphatic carbocycles. The van der Waals surface area contributed by atoms with E-state index >= 15 is 0 Å². The molecular weight excluding hydrogens is 284 g/mol. The summed E-state index contributed by atoms with van der Waals surface area (Å²) in [6.45, 7) is 10.4. The fourth-order valence-electron chi connectivity index (χ4n) is 2.66. The fraction of sp³-hybridized carbons (Fsp3) is 0.733. The van der Waals surface area contributed by atoms with Crippen LogP contribution in [-0.2, 0) is 0 Å². The molecule has 0 aromatic carbocycles. The molecule has 2 rings (SSSR count). The van der Waals surface area contributed by atoms with Gasteiger partial charge in [-0.2, -0.15) is 4.37 Å². The van der Waals surface area contributed by atoms with E-state index in [1.807, 2.05) is 13.8 Å². The Morgan fingerprint density at radius 3 is 2.62 bits per heavy atom. The number of hydrogen-bond acceptors (Lipinski definition) is 5. The first-order chi connectivity index (χ1) is 9.86. The maximum atomic E-state index is 12.3. The number of carbonyl (C=O) groups is 1. The second-order valence-electron chi connectivity index (χ2n) is 6.53. The number of nitrogen functional groups attached to an aromatic ring is 1. The Hall–Kier alpha value is -1.30. The van der Waals surface area contributed by atoms with E-state index in [-0.39, 0.29) is 11.9 Å². The van der Waals surface area contributed by atoms with Gasteiger partial charge in [0, 0.05) is 19.1 Å². The first-order valence-corrected chi connectivity index (χ1v) is 8.44. The predicted molar refractivity (Wildman–Crippen MR) is 89.0 cm³/mol. The Kier molecular flexibility index (Phi) is 4.76. The van der Waals surface area contributed by atoms with Crippen molar-refractivity contribution in [3.05, 3.63) is 5.56 Å². The van der Waals surface area contributed by atoms with Crippen LogP contribution in [0.3, 0.4) is 0 Å². The Morgan fingerprint density at radius 2 is 2.10 bits per heavy atom. The van der Waals surface area contributed by atoms with Crippen LogP contribution in [0.25, 0.3) is 0 Å². The summed E-state index contributed by atoms with van der Waals surface area (Å²) in [4.78, 5) is 14.6. The quantitative estimate of drug-likeness (QED) is 0.897. The van der Waals surface area contributed by atoms with E-state index in [4.69, 9.17) is 5.73 Å². The molecule has 0 unspecified atom stereocenters. The number of hydrogen-bond donors (Lipinski definition) is 2. The lowest BCUT2D eigenvalue weighted by Crippen LogP contribution is -2.39. The summed E-state index contributed by atoms with van der Waals surface area (Å²) in [7, 11) is 0. The van der Waals surface area contributed by atoms with Gasteiger partial charge in [0.25, 0.3) is 5.91 Å². The van der Waals surface area contributed by atoms with Gasteiger partial charge in [-0.15, -0.1) is 0 Å². The van der Waals surface area contributed by atoms with Gasteiger partial charge in [-0.1, -0.05) is 20.3 Å². The Balaban J connectivity index is 2.17. The zero-order valence-electron chi connectivity index (χ0n) is 13.4. The van der Waals surface area contributed by atoms with Gasteiger partial charge in [0.05, 0.1) is 0 Å². The number of nitrogens with zero attached hydrogens (tertiary/aromatic N) is 2. The molecule has 2 heterocycles. The summed E-state index contributed by atoms with van der Waals surface area (Å²) in [5.74, 6) is 0.229. The highest BCUT2D eigenvalue weighted by Gasteiger charge is 2.31. The molecule has 6 heteroatoms. The smallest absolute Gasteiger partial charge is 0.258 e. The van der Waals surface area contributed by atoms with E-state index in [0.29, 0.717) is 16.8 Å². The average Bonchev–Trinajstić information content (AvgIpc) is 2.81. The molecule has 1 aromatic rings. The molecule has 21 heavy (non-hydrogen) atoms. The number of nitrogens with two attached hydrogens (primary N) is 1. The molecule has 1 aliphatic heterocycles. The van der Waals surface area contributed by atoms with E-state index in [1.54, 1.807) is 0 Å². The summed E-state index contributed by atoms with van der Waals surface area (Å²) in [5, 5.41) is 3.83. The highest BCUT2D eigenvalue weighted by Crippen LogP contribution is 2.39. The van der Waals surface area contributed by atoms with Crippen LogP contribution in [0.4, 0.5) is 10.8 Å². The zero-order valence-corrected chi connectivity index (χ0v) is 14.2. The Labute approximate surface area is 131 Å². The van der Waals surface area contributed by atoms with Crippen LogP contribution < -0.4 is 16.0 Å². The van der Waals surface area contributed by atoms with Gasteiger partial charge in [-0.25, -0.2) is 0 Å². The van der Waals surface area contributed by atoms with Gasteiger partial charge in [0.1, 0.15) is 10.6 Å². The van der Waals surface area contributed by atoms with Crippen LogP contribution in [0.1, 0.15) is 57.3 Å². The van der Waals surface area contributed by atoms with Gasteiger partial charge < -0.3 is 16.0 Å². The molecule has 0 saturated carbocycles. The monoisotopic (exact) mass is 310 g/mol. The number of piperidine rings is 1. The highest BCUT2D eigenvalue weighted by atomic mass is 32.1. The Morgan fingerprint density at radius 1 is 1.48 bits per heavy atom. The summed E-state index contributed by atoms with van der Waals surface area (Å²) >= 11 is 1.34. The molecule has 1 aromatic heterocycles. The highest BCUT2D eigenvalue weighted by molar-refractivity contribution is 7.11. The van der Waals surface area contributed by atoms with Crippen molar-refractivity contribution in [1.82, 2.24) is 9.69 Å². The summed E-state index contributed by atoms with van der Waals surface area (Å²) in [6.07, 6.45) is 3.49. The standard InChI is InChI=1S/C15H26N4OS/c1-5-15(4)6-8-19(9-7-15)14-11(12(16)18-21-14)13(20)17-10(2)3/h10H,5-9H2,1-4H3,(H2,16,18)(H,17,20).